The molecule has 0 bridgehead atoms. The smallest absolute Gasteiger partial charge is 0.272 e. The van der Waals surface area contributed by atoms with Crippen molar-refractivity contribution in [2.75, 3.05) is 32.2 Å². The van der Waals surface area contributed by atoms with Gasteiger partial charge in [-0.05, 0) is 70.3 Å². The molecule has 3 atom stereocenters. The molecule has 2 heterocycles. The number of nitrogens with zero attached hydrogens (tertiary/aromatic N) is 2. The van der Waals surface area contributed by atoms with Crippen LogP contribution in [-0.4, -0.2) is 50.2 Å². The number of unbranched alkanes of at least 4 members (excludes halogenated alkanes) is 2. The molecule has 0 radical (unpaired) electrons. The Morgan fingerprint density at radius 1 is 0.912 bits per heavy atom. The highest BCUT2D eigenvalue weighted by Crippen LogP contribution is 2.40. The lowest BCUT2D eigenvalue weighted by Crippen LogP contribution is -2.44. The number of amides is 1. The van der Waals surface area contributed by atoms with Crippen LogP contribution in [0.15, 0.2) is 42.5 Å². The van der Waals surface area contributed by atoms with Gasteiger partial charge in [0.15, 0.2) is 11.5 Å². The van der Waals surface area contributed by atoms with Gasteiger partial charge in [-0.15, -0.1) is 0 Å². The summed E-state index contributed by atoms with van der Waals surface area (Å²) >= 11 is 0. The number of para-hydroxylation sites is 2. The number of carbonyl (C=O) groups excluding carboxylic acids is 1. The Bertz CT molecular complexity index is 969. The Morgan fingerprint density at radius 3 is 2.35 bits per heavy atom. The van der Waals surface area contributed by atoms with Crippen LogP contribution in [0.2, 0.25) is 0 Å². The van der Waals surface area contributed by atoms with Gasteiger partial charge in [0.25, 0.3) is 5.91 Å². The molecule has 0 N–H and O–H groups in total. The minimum atomic E-state index is -0.704. The molecule has 2 aliphatic heterocycles. The molecule has 6 nitrogen and oxygen atoms in total. The molecule has 1 saturated heterocycles. The van der Waals surface area contributed by atoms with E-state index in [9.17, 15) is 4.79 Å². The third-order valence-corrected chi connectivity index (χ3v) is 7.28. The lowest BCUT2D eigenvalue weighted by atomic mass is 9.97. The van der Waals surface area contributed by atoms with Crippen molar-refractivity contribution in [2.24, 2.45) is 0 Å². The predicted octanol–water partition coefficient (Wildman–Crippen LogP) is 5.60. The maximum absolute atomic E-state index is 13.6. The van der Waals surface area contributed by atoms with Crippen molar-refractivity contribution in [3.05, 3.63) is 48.0 Å². The molecule has 4 rings (SSSR count). The number of rotatable bonds is 9. The van der Waals surface area contributed by atoms with E-state index in [-0.39, 0.29) is 5.91 Å². The summed E-state index contributed by atoms with van der Waals surface area (Å²) in [6, 6.07) is 14.7. The average molecular weight is 467 g/mol. The standard InChI is InChI=1S/C28H38N2O4/c1-20-11-10-12-21(2)29(20)17-8-5-9-18-30-23-13-6-7-14-24(23)34-27(28(30)31)22-15-16-25(32-3)26(19-22)33-4/h6-7,13-16,19-21,27H,5,8-12,17-18H2,1-4H3/t20-,21+,27?. The summed E-state index contributed by atoms with van der Waals surface area (Å²) < 4.78 is 17.0. The number of benzene rings is 2. The van der Waals surface area contributed by atoms with E-state index in [4.69, 9.17) is 14.2 Å². The normalized spacial score (nSPS) is 22.8. The van der Waals surface area contributed by atoms with Crippen molar-refractivity contribution in [2.45, 2.75) is 70.6 Å². The van der Waals surface area contributed by atoms with Crippen LogP contribution in [0.25, 0.3) is 0 Å². The minimum Gasteiger partial charge on any atom is -0.493 e. The molecule has 0 saturated carbocycles. The van der Waals surface area contributed by atoms with Crippen LogP contribution in [0.4, 0.5) is 5.69 Å². The van der Waals surface area contributed by atoms with Gasteiger partial charge in [-0.1, -0.05) is 31.0 Å². The van der Waals surface area contributed by atoms with Gasteiger partial charge >= 0.3 is 0 Å². The van der Waals surface area contributed by atoms with Gasteiger partial charge in [0.1, 0.15) is 5.75 Å². The molecule has 0 spiro atoms. The van der Waals surface area contributed by atoms with Crippen molar-refractivity contribution in [1.29, 1.82) is 0 Å². The Morgan fingerprint density at radius 2 is 1.62 bits per heavy atom. The summed E-state index contributed by atoms with van der Waals surface area (Å²) in [6.07, 6.45) is 6.48. The number of fused-ring (bicyclic) bond motifs is 1. The number of ether oxygens (including phenoxy) is 3. The molecule has 0 aromatic heterocycles. The zero-order chi connectivity index (χ0) is 24.1. The fourth-order valence-electron chi connectivity index (χ4n) is 5.33. The number of likely N-dealkylation sites (tertiary alicyclic amines) is 1. The quantitative estimate of drug-likeness (QED) is 0.450. The van der Waals surface area contributed by atoms with Crippen molar-refractivity contribution < 1.29 is 19.0 Å². The van der Waals surface area contributed by atoms with E-state index in [2.05, 4.69) is 18.7 Å². The van der Waals surface area contributed by atoms with Crippen LogP contribution in [0.3, 0.4) is 0 Å². The topological polar surface area (TPSA) is 51.2 Å². The van der Waals surface area contributed by atoms with Crippen molar-refractivity contribution in [3.63, 3.8) is 0 Å². The van der Waals surface area contributed by atoms with Crippen molar-refractivity contribution in [3.8, 4) is 17.2 Å². The number of hydrogen-bond acceptors (Lipinski definition) is 5. The molecule has 2 aromatic rings. The Labute approximate surface area is 203 Å². The van der Waals surface area contributed by atoms with Crippen LogP contribution in [0, 0.1) is 0 Å². The van der Waals surface area contributed by atoms with E-state index < -0.39 is 6.10 Å². The number of hydrogen-bond donors (Lipinski definition) is 0. The lowest BCUT2D eigenvalue weighted by molar-refractivity contribution is -0.126. The molecular weight excluding hydrogens is 428 g/mol. The molecule has 0 aliphatic carbocycles. The van der Waals surface area contributed by atoms with Gasteiger partial charge in [-0.3, -0.25) is 9.69 Å². The maximum Gasteiger partial charge on any atom is 0.272 e. The van der Waals surface area contributed by atoms with E-state index in [0.717, 1.165) is 42.8 Å². The first kappa shape index (κ1) is 24.4. The molecule has 2 aliphatic rings. The van der Waals surface area contributed by atoms with Crippen molar-refractivity contribution in [1.82, 2.24) is 4.90 Å². The largest absolute Gasteiger partial charge is 0.493 e. The summed E-state index contributed by atoms with van der Waals surface area (Å²) in [4.78, 5) is 18.1. The first-order chi connectivity index (χ1) is 16.5. The molecule has 1 fully saturated rings. The Hall–Kier alpha value is -2.73. The van der Waals surface area contributed by atoms with Crippen LogP contribution in [-0.2, 0) is 4.79 Å². The van der Waals surface area contributed by atoms with Crippen LogP contribution >= 0.6 is 0 Å². The summed E-state index contributed by atoms with van der Waals surface area (Å²) in [5.41, 5.74) is 1.61. The second-order valence-electron chi connectivity index (χ2n) is 9.50. The molecule has 1 unspecified atom stereocenters. The highest BCUT2D eigenvalue weighted by atomic mass is 16.5. The molecule has 184 valence electrons. The van der Waals surface area contributed by atoms with E-state index in [1.54, 1.807) is 14.2 Å². The van der Waals surface area contributed by atoms with E-state index in [1.807, 2.05) is 47.4 Å². The van der Waals surface area contributed by atoms with E-state index in [0.29, 0.717) is 30.1 Å². The fraction of sp³-hybridized carbons (Fsp3) is 0.536. The number of carbonyl (C=O) groups is 1. The van der Waals surface area contributed by atoms with Crippen LogP contribution in [0.5, 0.6) is 17.2 Å². The minimum absolute atomic E-state index is 0.0378. The van der Waals surface area contributed by atoms with Gasteiger partial charge in [0, 0.05) is 24.2 Å². The van der Waals surface area contributed by atoms with E-state index in [1.165, 1.54) is 19.3 Å². The highest BCUT2D eigenvalue weighted by Gasteiger charge is 2.35. The first-order valence-electron chi connectivity index (χ1n) is 12.6. The summed E-state index contributed by atoms with van der Waals surface area (Å²) in [7, 11) is 3.20. The first-order valence-corrected chi connectivity index (χ1v) is 12.6. The lowest BCUT2D eigenvalue weighted by Gasteiger charge is -2.39. The fourth-order valence-corrected chi connectivity index (χ4v) is 5.33. The predicted molar refractivity (Wildman–Crippen MR) is 135 cm³/mol. The second kappa shape index (κ2) is 11.1. The monoisotopic (exact) mass is 466 g/mol. The third kappa shape index (κ3) is 5.17. The Balaban J connectivity index is 1.42. The molecule has 6 heteroatoms. The van der Waals surface area contributed by atoms with E-state index >= 15 is 0 Å². The molecule has 34 heavy (non-hydrogen) atoms. The van der Waals surface area contributed by atoms with Gasteiger partial charge < -0.3 is 19.1 Å². The average Bonchev–Trinajstić information content (AvgIpc) is 2.85. The van der Waals surface area contributed by atoms with Gasteiger partial charge in [0.05, 0.1) is 19.9 Å². The van der Waals surface area contributed by atoms with Gasteiger partial charge in [-0.25, -0.2) is 0 Å². The van der Waals surface area contributed by atoms with Crippen LogP contribution in [0.1, 0.15) is 64.0 Å². The zero-order valence-corrected chi connectivity index (χ0v) is 21.0. The third-order valence-electron chi connectivity index (χ3n) is 7.28. The summed E-state index contributed by atoms with van der Waals surface area (Å²) in [6.45, 7) is 6.54. The van der Waals surface area contributed by atoms with Crippen molar-refractivity contribution >= 4 is 11.6 Å². The van der Waals surface area contributed by atoms with Gasteiger partial charge in [0.2, 0.25) is 6.10 Å². The highest BCUT2D eigenvalue weighted by molar-refractivity contribution is 6.00. The maximum atomic E-state index is 13.6. The number of piperidine rings is 1. The van der Waals surface area contributed by atoms with Gasteiger partial charge in [-0.2, -0.15) is 0 Å². The summed E-state index contributed by atoms with van der Waals surface area (Å²) in [5.74, 6) is 1.91. The summed E-state index contributed by atoms with van der Waals surface area (Å²) in [5, 5.41) is 0. The molecular formula is C28H38N2O4. The Kier molecular flexibility index (Phi) is 7.99. The SMILES string of the molecule is COc1ccc(C2Oc3ccccc3N(CCCCCN3[C@H](C)CCC[C@@H]3C)C2=O)cc1OC. The molecule has 1 amide bonds. The number of anilines is 1. The molecule has 2 aromatic carbocycles. The van der Waals surface area contributed by atoms with Crippen LogP contribution < -0.4 is 19.1 Å². The second-order valence-corrected chi connectivity index (χ2v) is 9.50. The zero-order valence-electron chi connectivity index (χ0n) is 21.0. The number of methoxy groups -OCH3 is 2.